The number of nitriles is 1. The topological polar surface area (TPSA) is 96.2 Å². The van der Waals surface area contributed by atoms with E-state index in [9.17, 15) is 9.59 Å². The Hall–Kier alpha value is -2.18. The predicted octanol–water partition coefficient (Wildman–Crippen LogP) is 2.09. The fourth-order valence-electron chi connectivity index (χ4n) is 1.93. The summed E-state index contributed by atoms with van der Waals surface area (Å²) in [6.45, 7) is 1.83. The highest BCUT2D eigenvalue weighted by Gasteiger charge is 2.21. The van der Waals surface area contributed by atoms with Gasteiger partial charge in [-0.3, -0.25) is 9.59 Å². The van der Waals surface area contributed by atoms with Gasteiger partial charge in [-0.2, -0.15) is 5.26 Å². The van der Waals surface area contributed by atoms with E-state index in [1.54, 1.807) is 7.05 Å². The average molecular weight is 364 g/mol. The summed E-state index contributed by atoms with van der Waals surface area (Å²) in [6.07, 6.45) is 0.819. The third kappa shape index (κ3) is 4.66. The lowest BCUT2D eigenvalue weighted by atomic mass is 10.3. The molecule has 0 aliphatic heterocycles. The number of hydrogen-bond donors (Lipinski definition) is 0. The molecule has 126 valence electrons. The molecule has 1 atom stereocenters. The van der Waals surface area contributed by atoms with Crippen molar-refractivity contribution in [3.05, 3.63) is 17.8 Å². The average Bonchev–Trinajstić information content (AvgIpc) is 3.06. The molecular weight excluding hydrogens is 348 g/mol. The Morgan fingerprint density at radius 1 is 1.50 bits per heavy atom. The van der Waals surface area contributed by atoms with Gasteiger partial charge in [-0.05, 0) is 18.4 Å². The van der Waals surface area contributed by atoms with Crippen LogP contribution in [0.15, 0.2) is 22.8 Å². The van der Waals surface area contributed by atoms with Crippen molar-refractivity contribution >= 4 is 45.2 Å². The summed E-state index contributed by atoms with van der Waals surface area (Å²) in [5.74, 6) is -0.760. The zero-order chi connectivity index (χ0) is 17.5. The smallest absolute Gasteiger partial charge is 0.317 e. The molecule has 0 saturated heterocycles. The summed E-state index contributed by atoms with van der Waals surface area (Å²) >= 11 is 2.76. The highest BCUT2D eigenvalue weighted by Crippen LogP contribution is 2.27. The zero-order valence-corrected chi connectivity index (χ0v) is 14.9. The van der Waals surface area contributed by atoms with Gasteiger partial charge in [-0.1, -0.05) is 11.8 Å². The van der Waals surface area contributed by atoms with Crippen molar-refractivity contribution in [2.75, 3.05) is 19.3 Å². The van der Waals surface area contributed by atoms with E-state index in [2.05, 4.69) is 9.97 Å². The molecule has 0 spiro atoms. The number of carbonyl (C=O) groups excluding carboxylic acids is 2. The predicted molar refractivity (Wildman–Crippen MR) is 91.6 cm³/mol. The molecular formula is C15H16N4O3S2. The summed E-state index contributed by atoms with van der Waals surface area (Å²) < 4.78 is 5.15. The number of aromatic nitrogens is 2. The molecule has 0 aromatic carbocycles. The van der Waals surface area contributed by atoms with Gasteiger partial charge < -0.3 is 9.64 Å². The number of amides is 1. The second-order valence-electron chi connectivity index (χ2n) is 4.91. The number of carbonyl (C=O) groups is 2. The third-order valence-electron chi connectivity index (χ3n) is 3.14. The number of ether oxygens (including phenoxy) is 1. The number of esters is 1. The fourth-order valence-corrected chi connectivity index (χ4v) is 3.49. The van der Waals surface area contributed by atoms with Crippen LogP contribution in [0.4, 0.5) is 0 Å². The minimum Gasteiger partial charge on any atom is -0.452 e. The van der Waals surface area contributed by atoms with E-state index >= 15 is 0 Å². The number of nitrogens with zero attached hydrogens (tertiary/aromatic N) is 4. The molecule has 0 radical (unpaired) electrons. The van der Waals surface area contributed by atoms with Gasteiger partial charge in [0.15, 0.2) is 6.10 Å². The third-order valence-corrected chi connectivity index (χ3v) is 4.94. The maximum absolute atomic E-state index is 12.0. The lowest BCUT2D eigenvalue weighted by molar-refractivity contribution is -0.156. The highest BCUT2D eigenvalue weighted by atomic mass is 32.2. The van der Waals surface area contributed by atoms with Crippen molar-refractivity contribution in [3.8, 4) is 6.07 Å². The molecule has 0 saturated carbocycles. The summed E-state index contributed by atoms with van der Waals surface area (Å²) in [4.78, 5) is 34.5. The van der Waals surface area contributed by atoms with Gasteiger partial charge in [0, 0.05) is 19.0 Å². The summed E-state index contributed by atoms with van der Waals surface area (Å²) in [6, 6.07) is 3.87. The van der Waals surface area contributed by atoms with Crippen LogP contribution in [-0.2, 0) is 14.3 Å². The van der Waals surface area contributed by atoms with Crippen LogP contribution in [0.3, 0.4) is 0 Å². The van der Waals surface area contributed by atoms with E-state index in [1.807, 2.05) is 17.5 Å². The number of fused-ring (bicyclic) bond motifs is 1. The molecule has 1 amide bonds. The van der Waals surface area contributed by atoms with Crippen LogP contribution in [0.2, 0.25) is 0 Å². The van der Waals surface area contributed by atoms with Gasteiger partial charge in [0.25, 0.3) is 5.91 Å². The van der Waals surface area contributed by atoms with Crippen LogP contribution in [0.1, 0.15) is 13.3 Å². The van der Waals surface area contributed by atoms with Crippen LogP contribution < -0.4 is 0 Å². The molecule has 0 bridgehead atoms. The first kappa shape index (κ1) is 18.2. The quantitative estimate of drug-likeness (QED) is 0.421. The lowest BCUT2D eigenvalue weighted by Gasteiger charge is -2.20. The van der Waals surface area contributed by atoms with Gasteiger partial charge in [-0.25, -0.2) is 9.97 Å². The van der Waals surface area contributed by atoms with Crippen molar-refractivity contribution in [2.24, 2.45) is 0 Å². The highest BCUT2D eigenvalue weighted by molar-refractivity contribution is 8.00. The number of hydrogen-bond acceptors (Lipinski definition) is 8. The molecule has 0 aliphatic carbocycles. The van der Waals surface area contributed by atoms with Crippen LogP contribution in [0.25, 0.3) is 10.2 Å². The second-order valence-corrected chi connectivity index (χ2v) is 6.77. The van der Waals surface area contributed by atoms with Crippen molar-refractivity contribution < 1.29 is 14.3 Å². The molecule has 0 N–H and O–H groups in total. The zero-order valence-electron chi connectivity index (χ0n) is 13.3. The summed E-state index contributed by atoms with van der Waals surface area (Å²) in [7, 11) is 1.58. The Bertz CT molecular complexity index is 771. The molecule has 7 nitrogen and oxygen atoms in total. The van der Waals surface area contributed by atoms with Crippen LogP contribution in [0.5, 0.6) is 0 Å². The molecule has 9 heteroatoms. The van der Waals surface area contributed by atoms with E-state index in [0.717, 1.165) is 10.2 Å². The Balaban J connectivity index is 1.86. The lowest BCUT2D eigenvalue weighted by Crippen LogP contribution is -2.38. The molecule has 0 fully saturated rings. The Morgan fingerprint density at radius 3 is 3.04 bits per heavy atom. The number of likely N-dealkylation sites (N-methyl/N-ethyl adjacent to an activating group) is 1. The first-order chi connectivity index (χ1) is 11.5. The minimum atomic E-state index is -0.881. The Morgan fingerprint density at radius 2 is 2.29 bits per heavy atom. The normalized spacial score (nSPS) is 11.7. The maximum Gasteiger partial charge on any atom is 0.317 e. The fraction of sp³-hybridized carbons (Fsp3) is 0.400. The first-order valence-electron chi connectivity index (χ1n) is 7.15. The standard InChI is InChI=1S/C15H16N4O3S2/c1-10(15(21)19(2)6-3-5-16)22-12(20)8-24-14-11-4-7-23-13(11)17-9-18-14/h4,7,9-10H,3,6,8H2,1-2H3/t10-/m1/s1. The first-order valence-corrected chi connectivity index (χ1v) is 9.02. The molecule has 0 unspecified atom stereocenters. The summed E-state index contributed by atoms with van der Waals surface area (Å²) in [5, 5.41) is 12.1. The monoisotopic (exact) mass is 364 g/mol. The number of rotatable bonds is 7. The van der Waals surface area contributed by atoms with Gasteiger partial charge in [0.2, 0.25) is 0 Å². The molecule has 2 heterocycles. The Labute approximate surface area is 147 Å². The summed E-state index contributed by atoms with van der Waals surface area (Å²) in [5.41, 5.74) is 0. The van der Waals surface area contributed by atoms with Gasteiger partial charge >= 0.3 is 5.97 Å². The van der Waals surface area contributed by atoms with Gasteiger partial charge in [0.05, 0.1) is 18.2 Å². The van der Waals surface area contributed by atoms with Crippen molar-refractivity contribution in [3.63, 3.8) is 0 Å². The second kappa shape index (κ2) is 8.61. The van der Waals surface area contributed by atoms with Crippen LogP contribution >= 0.6 is 23.1 Å². The molecule has 2 rings (SSSR count). The van der Waals surface area contributed by atoms with Crippen molar-refractivity contribution in [1.29, 1.82) is 5.26 Å². The van der Waals surface area contributed by atoms with Crippen molar-refractivity contribution in [2.45, 2.75) is 24.5 Å². The number of thioether (sulfide) groups is 1. The van der Waals surface area contributed by atoms with Crippen LogP contribution in [0, 0.1) is 11.3 Å². The SMILES string of the molecule is C[C@@H](OC(=O)CSc1ncnc2sccc12)C(=O)N(C)CCC#N. The minimum absolute atomic E-state index is 0.0570. The van der Waals surface area contributed by atoms with E-state index in [-0.39, 0.29) is 18.1 Å². The molecule has 24 heavy (non-hydrogen) atoms. The molecule has 0 aliphatic rings. The Kier molecular flexibility index (Phi) is 6.52. The van der Waals surface area contributed by atoms with E-state index in [0.29, 0.717) is 11.6 Å². The molecule has 2 aromatic rings. The van der Waals surface area contributed by atoms with E-state index in [1.165, 1.54) is 41.2 Å². The van der Waals surface area contributed by atoms with E-state index in [4.69, 9.17) is 10.00 Å². The largest absolute Gasteiger partial charge is 0.452 e. The maximum atomic E-state index is 12.0. The van der Waals surface area contributed by atoms with Gasteiger partial charge in [-0.15, -0.1) is 11.3 Å². The van der Waals surface area contributed by atoms with Gasteiger partial charge in [0.1, 0.15) is 16.2 Å². The van der Waals surface area contributed by atoms with Crippen molar-refractivity contribution in [1.82, 2.24) is 14.9 Å². The van der Waals surface area contributed by atoms with E-state index < -0.39 is 12.1 Å². The van der Waals surface area contributed by atoms with Crippen LogP contribution in [-0.4, -0.2) is 52.2 Å². The number of thiophene rings is 1. The molecule has 2 aromatic heterocycles.